The third-order valence-electron chi connectivity index (χ3n) is 4.41. The fourth-order valence-electron chi connectivity index (χ4n) is 3.11. The number of nitrogens with one attached hydrogen (secondary N) is 1. The lowest BCUT2D eigenvalue weighted by Gasteiger charge is -2.40. The van der Waals surface area contributed by atoms with E-state index in [-0.39, 0.29) is 0 Å². The van der Waals surface area contributed by atoms with Gasteiger partial charge >= 0.3 is 0 Å². The van der Waals surface area contributed by atoms with Gasteiger partial charge in [0, 0.05) is 18.6 Å². The number of hydrogen-bond donors (Lipinski definition) is 1. The molecule has 1 unspecified atom stereocenters. The zero-order chi connectivity index (χ0) is 13.6. The molecule has 1 rings (SSSR count). The predicted molar refractivity (Wildman–Crippen MR) is 81.0 cm³/mol. The van der Waals surface area contributed by atoms with Crippen LogP contribution < -0.4 is 5.32 Å². The van der Waals surface area contributed by atoms with Crippen LogP contribution in [-0.2, 0) is 0 Å². The molecule has 1 aliphatic rings. The highest BCUT2D eigenvalue weighted by Gasteiger charge is 2.28. The molecule has 0 radical (unpaired) electrons. The minimum absolute atomic E-state index is 0.345. The second-order valence-corrected chi connectivity index (χ2v) is 6.86. The Morgan fingerprint density at radius 3 is 2.17 bits per heavy atom. The molecule has 2 heteroatoms. The molecule has 0 saturated heterocycles. The van der Waals surface area contributed by atoms with Crippen LogP contribution in [0, 0.1) is 5.41 Å². The van der Waals surface area contributed by atoms with Crippen LogP contribution in [0.5, 0.6) is 0 Å². The Hall–Kier alpha value is -0.0800. The third kappa shape index (κ3) is 4.89. The molecule has 2 nitrogen and oxygen atoms in total. The summed E-state index contributed by atoms with van der Waals surface area (Å²) < 4.78 is 0. The van der Waals surface area contributed by atoms with Crippen molar-refractivity contribution in [3.8, 4) is 0 Å². The highest BCUT2D eigenvalue weighted by molar-refractivity contribution is 4.86. The molecular formula is C16H34N2. The van der Waals surface area contributed by atoms with Crippen LogP contribution in [-0.4, -0.2) is 36.6 Å². The van der Waals surface area contributed by atoms with E-state index in [0.29, 0.717) is 11.5 Å². The maximum absolute atomic E-state index is 3.68. The maximum Gasteiger partial charge on any atom is 0.0243 e. The fraction of sp³-hybridized carbons (Fsp3) is 1.00. The summed E-state index contributed by atoms with van der Waals surface area (Å²) in [7, 11) is 0. The van der Waals surface area contributed by atoms with Crippen LogP contribution in [0.2, 0.25) is 0 Å². The molecule has 0 aliphatic heterocycles. The normalized spacial score (nSPS) is 20.3. The first kappa shape index (κ1) is 16.0. The molecule has 0 spiro atoms. The standard InChI is InChI=1S/C16H34N2/c1-6-17-15(16(3,4)5)13-18(7-2)14-11-9-8-10-12-14/h14-15,17H,6-13H2,1-5H3. The van der Waals surface area contributed by atoms with E-state index in [2.05, 4.69) is 44.8 Å². The molecule has 0 heterocycles. The molecule has 0 aromatic carbocycles. The highest BCUT2D eigenvalue weighted by atomic mass is 15.2. The van der Waals surface area contributed by atoms with E-state index < -0.39 is 0 Å². The summed E-state index contributed by atoms with van der Waals surface area (Å²) in [5.41, 5.74) is 0.345. The van der Waals surface area contributed by atoms with Crippen molar-refractivity contribution in [3.05, 3.63) is 0 Å². The van der Waals surface area contributed by atoms with Gasteiger partial charge in [0.05, 0.1) is 0 Å². The van der Waals surface area contributed by atoms with E-state index in [1.807, 2.05) is 0 Å². The molecular weight excluding hydrogens is 220 g/mol. The van der Waals surface area contributed by atoms with Crippen molar-refractivity contribution in [1.29, 1.82) is 0 Å². The number of nitrogens with zero attached hydrogens (tertiary/aromatic N) is 1. The quantitative estimate of drug-likeness (QED) is 0.778. The van der Waals surface area contributed by atoms with Crippen molar-refractivity contribution in [2.75, 3.05) is 19.6 Å². The summed E-state index contributed by atoms with van der Waals surface area (Å²) in [6.45, 7) is 15.1. The summed E-state index contributed by atoms with van der Waals surface area (Å²) in [6.07, 6.45) is 7.14. The van der Waals surface area contributed by atoms with Gasteiger partial charge in [0.1, 0.15) is 0 Å². The summed E-state index contributed by atoms with van der Waals surface area (Å²) in [4.78, 5) is 2.72. The van der Waals surface area contributed by atoms with Gasteiger partial charge in [-0.05, 0) is 31.3 Å². The van der Waals surface area contributed by atoms with E-state index >= 15 is 0 Å². The second kappa shape index (κ2) is 7.49. The topological polar surface area (TPSA) is 15.3 Å². The fourth-order valence-corrected chi connectivity index (χ4v) is 3.11. The Morgan fingerprint density at radius 2 is 1.72 bits per heavy atom. The summed E-state index contributed by atoms with van der Waals surface area (Å²) in [5.74, 6) is 0. The lowest BCUT2D eigenvalue weighted by atomic mass is 9.85. The van der Waals surface area contributed by atoms with E-state index in [4.69, 9.17) is 0 Å². The van der Waals surface area contributed by atoms with Gasteiger partial charge in [-0.2, -0.15) is 0 Å². The Labute approximate surface area is 115 Å². The van der Waals surface area contributed by atoms with Crippen molar-refractivity contribution in [2.24, 2.45) is 5.41 Å². The Morgan fingerprint density at radius 1 is 1.11 bits per heavy atom. The number of likely N-dealkylation sites (N-methyl/N-ethyl adjacent to an activating group) is 2. The van der Waals surface area contributed by atoms with Gasteiger partial charge in [0.2, 0.25) is 0 Å². The van der Waals surface area contributed by atoms with Crippen molar-refractivity contribution in [2.45, 2.75) is 78.8 Å². The molecule has 18 heavy (non-hydrogen) atoms. The molecule has 0 bridgehead atoms. The molecule has 1 saturated carbocycles. The third-order valence-corrected chi connectivity index (χ3v) is 4.41. The largest absolute Gasteiger partial charge is 0.312 e. The molecule has 1 N–H and O–H groups in total. The smallest absolute Gasteiger partial charge is 0.0243 e. The van der Waals surface area contributed by atoms with Crippen LogP contribution in [0.1, 0.15) is 66.7 Å². The predicted octanol–water partition coefficient (Wildman–Crippen LogP) is 3.67. The van der Waals surface area contributed by atoms with Gasteiger partial charge in [0.25, 0.3) is 0 Å². The van der Waals surface area contributed by atoms with E-state index in [1.54, 1.807) is 0 Å². The minimum atomic E-state index is 0.345. The number of hydrogen-bond acceptors (Lipinski definition) is 2. The highest BCUT2D eigenvalue weighted by Crippen LogP contribution is 2.25. The van der Waals surface area contributed by atoms with Crippen LogP contribution >= 0.6 is 0 Å². The molecule has 1 fully saturated rings. The van der Waals surface area contributed by atoms with Crippen LogP contribution in [0.4, 0.5) is 0 Å². The van der Waals surface area contributed by atoms with Gasteiger partial charge < -0.3 is 5.32 Å². The first-order valence-corrected chi connectivity index (χ1v) is 7.96. The SMILES string of the molecule is CCNC(CN(CC)C1CCCCC1)C(C)(C)C. The summed E-state index contributed by atoms with van der Waals surface area (Å²) in [6, 6.07) is 1.44. The molecule has 0 amide bonds. The average Bonchev–Trinajstić information content (AvgIpc) is 2.34. The van der Waals surface area contributed by atoms with Crippen molar-refractivity contribution in [1.82, 2.24) is 10.2 Å². The molecule has 108 valence electrons. The van der Waals surface area contributed by atoms with Crippen LogP contribution in [0.3, 0.4) is 0 Å². The average molecular weight is 254 g/mol. The maximum atomic E-state index is 3.68. The van der Waals surface area contributed by atoms with Crippen molar-refractivity contribution >= 4 is 0 Å². The van der Waals surface area contributed by atoms with Gasteiger partial charge in [-0.25, -0.2) is 0 Å². The van der Waals surface area contributed by atoms with Gasteiger partial charge in [-0.1, -0.05) is 53.9 Å². The first-order valence-electron chi connectivity index (χ1n) is 7.96. The van der Waals surface area contributed by atoms with E-state index in [0.717, 1.165) is 12.6 Å². The lowest BCUT2D eigenvalue weighted by Crippen LogP contribution is -2.51. The van der Waals surface area contributed by atoms with Crippen molar-refractivity contribution < 1.29 is 0 Å². The van der Waals surface area contributed by atoms with Gasteiger partial charge in [0.15, 0.2) is 0 Å². The molecule has 0 aromatic rings. The first-order chi connectivity index (χ1) is 8.49. The van der Waals surface area contributed by atoms with E-state index in [1.165, 1.54) is 45.2 Å². The molecule has 0 aromatic heterocycles. The van der Waals surface area contributed by atoms with Crippen LogP contribution in [0.15, 0.2) is 0 Å². The minimum Gasteiger partial charge on any atom is -0.312 e. The lowest BCUT2D eigenvalue weighted by molar-refractivity contribution is 0.116. The van der Waals surface area contributed by atoms with Gasteiger partial charge in [-0.3, -0.25) is 4.90 Å². The zero-order valence-corrected chi connectivity index (χ0v) is 13.3. The molecule has 1 aliphatic carbocycles. The number of rotatable bonds is 6. The van der Waals surface area contributed by atoms with Crippen LogP contribution in [0.25, 0.3) is 0 Å². The summed E-state index contributed by atoms with van der Waals surface area (Å²) >= 11 is 0. The Balaban J connectivity index is 2.57. The second-order valence-electron chi connectivity index (χ2n) is 6.86. The molecule has 1 atom stereocenters. The summed E-state index contributed by atoms with van der Waals surface area (Å²) in [5, 5.41) is 3.68. The zero-order valence-electron chi connectivity index (χ0n) is 13.3. The van der Waals surface area contributed by atoms with Crippen molar-refractivity contribution in [3.63, 3.8) is 0 Å². The van der Waals surface area contributed by atoms with Gasteiger partial charge in [-0.15, -0.1) is 0 Å². The van der Waals surface area contributed by atoms with E-state index in [9.17, 15) is 0 Å². The Bertz CT molecular complexity index is 214. The Kier molecular flexibility index (Phi) is 6.65. The monoisotopic (exact) mass is 254 g/mol.